The molecule has 3 aliphatic rings. The summed E-state index contributed by atoms with van der Waals surface area (Å²) < 4.78 is 0. The Morgan fingerprint density at radius 1 is 1.44 bits per heavy atom. The molecule has 2 N–H and O–H groups in total. The van der Waals surface area contributed by atoms with Crippen LogP contribution in [-0.4, -0.2) is 24.3 Å². The fourth-order valence-electron chi connectivity index (χ4n) is 2.37. The number of nitrogens with zero attached hydrogens (tertiary/aromatic N) is 2. The Morgan fingerprint density at radius 3 is 3.00 bits per heavy atom. The molecule has 0 amide bonds. The molecule has 0 aromatic carbocycles. The SMILES string of the molecule is OCC1CC(C2=C3C=NC=C[NH+]3C=N2)C1.[Cl-]. The molecule has 0 radical (unpaired) electrons. The summed E-state index contributed by atoms with van der Waals surface area (Å²) >= 11 is 0. The first-order chi connectivity index (χ1) is 7.38. The molecule has 5 heteroatoms. The number of halogens is 1. The first-order valence-corrected chi connectivity index (χ1v) is 5.34. The monoisotopic (exact) mass is 239 g/mol. The van der Waals surface area contributed by atoms with Crippen molar-refractivity contribution >= 4 is 12.6 Å². The Kier molecular flexibility index (Phi) is 3.23. The number of fused-ring (bicyclic) bond motifs is 1. The maximum Gasteiger partial charge on any atom is 0.198 e. The molecule has 0 aromatic heterocycles. The Balaban J connectivity index is 0.000000963. The highest BCUT2D eigenvalue weighted by atomic mass is 35.5. The van der Waals surface area contributed by atoms with Crippen molar-refractivity contribution in [2.75, 3.05) is 6.61 Å². The minimum absolute atomic E-state index is 0. The lowest BCUT2D eigenvalue weighted by Crippen LogP contribution is -3.04. The van der Waals surface area contributed by atoms with E-state index in [0.717, 1.165) is 12.8 Å². The molecule has 16 heavy (non-hydrogen) atoms. The highest BCUT2D eigenvalue weighted by Gasteiger charge is 2.37. The smallest absolute Gasteiger partial charge is 0.198 e. The number of quaternary nitrogens is 1. The van der Waals surface area contributed by atoms with Crippen LogP contribution in [0.3, 0.4) is 0 Å². The van der Waals surface area contributed by atoms with E-state index in [-0.39, 0.29) is 12.4 Å². The highest BCUT2D eigenvalue weighted by Crippen LogP contribution is 2.39. The molecule has 0 aromatic rings. The third kappa shape index (κ3) is 1.73. The maximum absolute atomic E-state index is 8.98. The van der Waals surface area contributed by atoms with Gasteiger partial charge in [0.2, 0.25) is 0 Å². The van der Waals surface area contributed by atoms with Crippen molar-refractivity contribution in [3.05, 3.63) is 23.8 Å². The maximum atomic E-state index is 8.98. The summed E-state index contributed by atoms with van der Waals surface area (Å²) in [4.78, 5) is 9.77. The molecule has 1 aliphatic carbocycles. The molecule has 2 aliphatic heterocycles. The molecule has 2 heterocycles. The lowest BCUT2D eigenvalue weighted by molar-refractivity contribution is -0.682. The van der Waals surface area contributed by atoms with Gasteiger partial charge in [-0.05, 0) is 18.8 Å². The van der Waals surface area contributed by atoms with E-state index in [2.05, 4.69) is 9.98 Å². The van der Waals surface area contributed by atoms with E-state index in [4.69, 9.17) is 5.11 Å². The summed E-state index contributed by atoms with van der Waals surface area (Å²) in [7, 11) is 0. The molecule has 1 unspecified atom stereocenters. The van der Waals surface area contributed by atoms with Gasteiger partial charge < -0.3 is 17.5 Å². The van der Waals surface area contributed by atoms with Crippen molar-refractivity contribution in [2.45, 2.75) is 12.8 Å². The van der Waals surface area contributed by atoms with Crippen LogP contribution in [0, 0.1) is 11.8 Å². The van der Waals surface area contributed by atoms with Crippen molar-refractivity contribution in [1.29, 1.82) is 0 Å². The van der Waals surface area contributed by atoms with Gasteiger partial charge in [0.15, 0.2) is 12.0 Å². The first kappa shape index (κ1) is 11.5. The molecule has 86 valence electrons. The normalized spacial score (nSPS) is 34.7. The third-order valence-electron chi connectivity index (χ3n) is 3.35. The van der Waals surface area contributed by atoms with Crippen molar-refractivity contribution in [1.82, 2.24) is 0 Å². The minimum atomic E-state index is 0. The zero-order valence-corrected chi connectivity index (χ0v) is 9.56. The molecule has 0 bridgehead atoms. The van der Waals surface area contributed by atoms with E-state index < -0.39 is 0 Å². The average molecular weight is 240 g/mol. The van der Waals surface area contributed by atoms with Crippen LogP contribution >= 0.6 is 0 Å². The van der Waals surface area contributed by atoms with Crippen LogP contribution in [0.15, 0.2) is 33.8 Å². The quantitative estimate of drug-likeness (QED) is 0.521. The van der Waals surface area contributed by atoms with Crippen LogP contribution in [0.25, 0.3) is 0 Å². The average Bonchev–Trinajstić information content (AvgIpc) is 2.61. The Morgan fingerprint density at radius 2 is 2.25 bits per heavy atom. The van der Waals surface area contributed by atoms with Crippen molar-refractivity contribution < 1.29 is 22.4 Å². The van der Waals surface area contributed by atoms with Gasteiger partial charge in [0.05, 0.1) is 12.4 Å². The standard InChI is InChI=1S/C11H13N3O.ClH/c15-6-8-3-9(4-8)11-10-5-12-1-2-14(10)7-13-11;/h1-2,5,7-9,15H,3-4,6H2;1H. The number of aliphatic hydroxyl groups excluding tert-OH is 1. The largest absolute Gasteiger partial charge is 1.00 e. The van der Waals surface area contributed by atoms with E-state index in [1.54, 1.807) is 6.20 Å². The van der Waals surface area contributed by atoms with Gasteiger partial charge in [0, 0.05) is 12.5 Å². The Labute approximate surface area is 100 Å². The number of nitrogens with one attached hydrogen (secondary N) is 1. The summed E-state index contributed by atoms with van der Waals surface area (Å²) in [6.07, 6.45) is 9.73. The number of hydrogen-bond donors (Lipinski definition) is 2. The zero-order valence-electron chi connectivity index (χ0n) is 8.81. The number of aliphatic imine (C=N–C) groups is 2. The van der Waals surface area contributed by atoms with Gasteiger partial charge in [0.1, 0.15) is 11.9 Å². The van der Waals surface area contributed by atoms with Gasteiger partial charge in [-0.1, -0.05) is 0 Å². The second-order valence-electron chi connectivity index (χ2n) is 4.32. The highest BCUT2D eigenvalue weighted by molar-refractivity contribution is 5.81. The van der Waals surface area contributed by atoms with Gasteiger partial charge in [-0.15, -0.1) is 0 Å². The van der Waals surface area contributed by atoms with E-state index in [1.807, 2.05) is 18.8 Å². The molecule has 1 fully saturated rings. The second-order valence-corrected chi connectivity index (χ2v) is 4.32. The van der Waals surface area contributed by atoms with Crippen molar-refractivity contribution in [3.63, 3.8) is 0 Å². The third-order valence-corrected chi connectivity index (χ3v) is 3.35. The number of rotatable bonds is 2. The fourth-order valence-corrected chi connectivity index (χ4v) is 2.37. The minimum Gasteiger partial charge on any atom is -1.00 e. The lowest BCUT2D eigenvalue weighted by Gasteiger charge is -2.33. The summed E-state index contributed by atoms with van der Waals surface area (Å²) in [5.74, 6) is 1.02. The Bertz CT molecular complexity index is 394. The van der Waals surface area contributed by atoms with Crippen LogP contribution in [0.2, 0.25) is 0 Å². The fraction of sp³-hybridized carbons (Fsp3) is 0.455. The molecular formula is C11H14ClN3O. The van der Waals surface area contributed by atoms with E-state index in [1.165, 1.54) is 16.3 Å². The van der Waals surface area contributed by atoms with Gasteiger partial charge in [0.25, 0.3) is 0 Å². The summed E-state index contributed by atoms with van der Waals surface area (Å²) in [5.41, 5.74) is 2.35. The lowest BCUT2D eigenvalue weighted by atomic mass is 9.73. The van der Waals surface area contributed by atoms with Gasteiger partial charge in [-0.2, -0.15) is 0 Å². The van der Waals surface area contributed by atoms with Gasteiger partial charge >= 0.3 is 0 Å². The number of hydrogen-bond acceptors (Lipinski definition) is 3. The van der Waals surface area contributed by atoms with E-state index >= 15 is 0 Å². The molecule has 4 nitrogen and oxygen atoms in total. The summed E-state index contributed by atoms with van der Waals surface area (Å²) in [6.45, 7) is 0.313. The molecule has 0 spiro atoms. The van der Waals surface area contributed by atoms with E-state index in [9.17, 15) is 0 Å². The predicted molar refractivity (Wildman–Crippen MR) is 57.4 cm³/mol. The van der Waals surface area contributed by atoms with Crippen LogP contribution in [0.5, 0.6) is 0 Å². The number of allylic oxidation sites excluding steroid dienone is 2. The topological polar surface area (TPSA) is 49.4 Å². The second kappa shape index (κ2) is 4.49. The molecule has 0 saturated heterocycles. The molecular weight excluding hydrogens is 226 g/mol. The Hall–Kier alpha value is -0.970. The van der Waals surface area contributed by atoms with Crippen LogP contribution in [-0.2, 0) is 0 Å². The van der Waals surface area contributed by atoms with Crippen molar-refractivity contribution in [3.8, 4) is 0 Å². The van der Waals surface area contributed by atoms with Crippen LogP contribution < -0.4 is 17.3 Å². The van der Waals surface area contributed by atoms with Crippen LogP contribution in [0.4, 0.5) is 0 Å². The van der Waals surface area contributed by atoms with Gasteiger partial charge in [-0.25, -0.2) is 9.89 Å². The van der Waals surface area contributed by atoms with Crippen LogP contribution in [0.1, 0.15) is 12.8 Å². The summed E-state index contributed by atoms with van der Waals surface area (Å²) in [6, 6.07) is 0. The molecule has 1 saturated carbocycles. The number of aliphatic hydroxyl groups is 1. The molecule has 1 atom stereocenters. The van der Waals surface area contributed by atoms with E-state index in [0.29, 0.717) is 18.4 Å². The van der Waals surface area contributed by atoms with Gasteiger partial charge in [-0.3, -0.25) is 4.99 Å². The molecule has 3 rings (SSSR count). The summed E-state index contributed by atoms with van der Waals surface area (Å²) in [5, 5.41) is 8.98. The zero-order chi connectivity index (χ0) is 10.3. The van der Waals surface area contributed by atoms with Crippen molar-refractivity contribution in [2.24, 2.45) is 21.8 Å². The predicted octanol–water partition coefficient (Wildman–Crippen LogP) is -3.30. The first-order valence-electron chi connectivity index (χ1n) is 5.34.